The molecular weight excluding hydrogens is 264 g/mol. The number of ether oxygens (including phenoxy) is 1. The number of pyridine rings is 1. The fraction of sp³-hybridized carbons (Fsp3) is 0.500. The summed E-state index contributed by atoms with van der Waals surface area (Å²) in [7, 11) is 0. The van der Waals surface area contributed by atoms with Crippen LogP contribution < -0.4 is 4.74 Å². The molecule has 1 rings (SSSR count). The molecule has 0 unspecified atom stereocenters. The van der Waals surface area contributed by atoms with Crippen molar-refractivity contribution in [2.45, 2.75) is 32.3 Å². The Bertz CT molecular complexity index is 391. The number of rotatable bonds is 2. The molecule has 8 heteroatoms. The van der Waals surface area contributed by atoms with Crippen LogP contribution in [0.5, 0.6) is 5.88 Å². The van der Waals surface area contributed by atoms with Crippen LogP contribution in [0, 0.1) is 13.8 Å². The monoisotopic (exact) mass is 273 g/mol. The standard InChI is InChI=1S/C10H9F6NO/c1-5-3-6(2)17-7(4-5)18-8(9(11,12)13)10(14,15)16/h3-4,8H,1-2H3. The average molecular weight is 273 g/mol. The van der Waals surface area contributed by atoms with E-state index in [1.54, 1.807) is 0 Å². The highest BCUT2D eigenvalue weighted by Crippen LogP contribution is 2.36. The van der Waals surface area contributed by atoms with Gasteiger partial charge in [-0.05, 0) is 25.5 Å². The summed E-state index contributed by atoms with van der Waals surface area (Å²) < 4.78 is 77.3. The first-order chi connectivity index (χ1) is 8.00. The molecule has 0 aliphatic heterocycles. The van der Waals surface area contributed by atoms with E-state index in [0.29, 0.717) is 5.56 Å². The fourth-order valence-corrected chi connectivity index (χ4v) is 1.30. The Balaban J connectivity index is 3.04. The summed E-state index contributed by atoms with van der Waals surface area (Å²) in [6, 6.07) is 2.51. The second-order valence-corrected chi connectivity index (χ2v) is 3.71. The molecule has 0 aliphatic rings. The molecule has 0 amide bonds. The van der Waals surface area contributed by atoms with Crippen molar-refractivity contribution >= 4 is 0 Å². The number of nitrogens with zero attached hydrogens (tertiary/aromatic N) is 1. The molecule has 0 bridgehead atoms. The van der Waals surface area contributed by atoms with Gasteiger partial charge in [-0.15, -0.1) is 0 Å². The molecule has 2 nitrogen and oxygen atoms in total. The zero-order valence-electron chi connectivity index (χ0n) is 9.36. The van der Waals surface area contributed by atoms with Gasteiger partial charge in [-0.25, -0.2) is 4.98 Å². The molecule has 0 atom stereocenters. The van der Waals surface area contributed by atoms with Crippen molar-refractivity contribution in [2.75, 3.05) is 0 Å². The van der Waals surface area contributed by atoms with Crippen LogP contribution in [-0.2, 0) is 0 Å². The minimum Gasteiger partial charge on any atom is -0.455 e. The SMILES string of the molecule is Cc1cc(C)nc(OC(C(F)(F)F)C(F)(F)F)c1. The molecule has 0 fully saturated rings. The molecule has 18 heavy (non-hydrogen) atoms. The third-order valence-electron chi connectivity index (χ3n) is 1.91. The number of aryl methyl sites for hydroxylation is 2. The maximum absolute atomic E-state index is 12.2. The van der Waals surface area contributed by atoms with Crippen molar-refractivity contribution in [1.29, 1.82) is 0 Å². The number of alkyl halides is 6. The van der Waals surface area contributed by atoms with Crippen molar-refractivity contribution in [2.24, 2.45) is 0 Å². The van der Waals surface area contributed by atoms with Gasteiger partial charge in [0.2, 0.25) is 5.88 Å². The van der Waals surface area contributed by atoms with Crippen molar-refractivity contribution in [3.8, 4) is 5.88 Å². The maximum atomic E-state index is 12.2. The molecule has 0 N–H and O–H groups in total. The van der Waals surface area contributed by atoms with Crippen LogP contribution in [0.25, 0.3) is 0 Å². The Labute approximate surface area is 98.6 Å². The lowest BCUT2D eigenvalue weighted by molar-refractivity contribution is -0.300. The van der Waals surface area contributed by atoms with Crippen LogP contribution in [0.3, 0.4) is 0 Å². The molecule has 0 aromatic carbocycles. The van der Waals surface area contributed by atoms with E-state index in [2.05, 4.69) is 9.72 Å². The molecule has 0 saturated heterocycles. The van der Waals surface area contributed by atoms with Gasteiger partial charge < -0.3 is 4.74 Å². The van der Waals surface area contributed by atoms with E-state index in [4.69, 9.17) is 0 Å². The summed E-state index contributed by atoms with van der Waals surface area (Å²) in [4.78, 5) is 3.48. The maximum Gasteiger partial charge on any atom is 0.434 e. The molecular formula is C10H9F6NO. The molecule has 0 aliphatic carbocycles. The van der Waals surface area contributed by atoms with Gasteiger partial charge in [-0.3, -0.25) is 0 Å². The second kappa shape index (κ2) is 4.66. The summed E-state index contributed by atoms with van der Waals surface area (Å²) in [5.41, 5.74) is 0.730. The van der Waals surface area contributed by atoms with E-state index in [1.807, 2.05) is 0 Å². The zero-order chi connectivity index (χ0) is 14.1. The number of hydrogen-bond acceptors (Lipinski definition) is 2. The molecule has 102 valence electrons. The highest BCUT2D eigenvalue weighted by atomic mass is 19.4. The van der Waals surface area contributed by atoms with Gasteiger partial charge in [0, 0.05) is 11.8 Å². The van der Waals surface area contributed by atoms with E-state index >= 15 is 0 Å². The number of hydrogen-bond donors (Lipinski definition) is 0. The molecule has 1 heterocycles. The number of aromatic nitrogens is 1. The first-order valence-electron chi connectivity index (χ1n) is 4.75. The predicted molar refractivity (Wildman–Crippen MR) is 50.2 cm³/mol. The fourth-order valence-electron chi connectivity index (χ4n) is 1.30. The van der Waals surface area contributed by atoms with Gasteiger partial charge >= 0.3 is 12.4 Å². The van der Waals surface area contributed by atoms with Crippen molar-refractivity contribution in [1.82, 2.24) is 4.98 Å². The Morgan fingerprint density at radius 1 is 1.00 bits per heavy atom. The molecule has 1 aromatic heterocycles. The minimum atomic E-state index is -5.54. The van der Waals surface area contributed by atoms with Gasteiger partial charge in [-0.1, -0.05) is 0 Å². The summed E-state index contributed by atoms with van der Waals surface area (Å²) in [6.45, 7) is 2.95. The normalized spacial score (nSPS) is 12.9. The lowest BCUT2D eigenvalue weighted by Gasteiger charge is -2.23. The predicted octanol–water partition coefficient (Wildman–Crippen LogP) is 3.57. The Morgan fingerprint density at radius 2 is 1.50 bits per heavy atom. The summed E-state index contributed by atoms with van der Waals surface area (Å²) >= 11 is 0. The zero-order valence-corrected chi connectivity index (χ0v) is 9.36. The summed E-state index contributed by atoms with van der Waals surface area (Å²) in [6.07, 6.45) is -15.0. The van der Waals surface area contributed by atoms with Gasteiger partial charge in [-0.2, -0.15) is 26.3 Å². The van der Waals surface area contributed by atoms with Crippen LogP contribution in [0.15, 0.2) is 12.1 Å². The van der Waals surface area contributed by atoms with Crippen LogP contribution in [0.4, 0.5) is 26.3 Å². The molecule has 0 radical (unpaired) electrons. The summed E-state index contributed by atoms with van der Waals surface area (Å²) in [5, 5.41) is 0. The Morgan fingerprint density at radius 3 is 1.89 bits per heavy atom. The minimum absolute atomic E-state index is 0.271. The van der Waals surface area contributed by atoms with Crippen molar-refractivity contribution < 1.29 is 31.1 Å². The smallest absolute Gasteiger partial charge is 0.434 e. The first-order valence-corrected chi connectivity index (χ1v) is 4.75. The third kappa shape index (κ3) is 3.78. The second-order valence-electron chi connectivity index (χ2n) is 3.71. The quantitative estimate of drug-likeness (QED) is 0.768. The van der Waals surface area contributed by atoms with Gasteiger partial charge in [0.25, 0.3) is 6.10 Å². The summed E-state index contributed by atoms with van der Waals surface area (Å²) in [5.74, 6) is -0.702. The highest BCUT2D eigenvalue weighted by Gasteiger charge is 2.59. The van der Waals surface area contributed by atoms with E-state index in [1.165, 1.54) is 19.9 Å². The van der Waals surface area contributed by atoms with Crippen LogP contribution >= 0.6 is 0 Å². The van der Waals surface area contributed by atoms with Crippen molar-refractivity contribution in [3.63, 3.8) is 0 Å². The highest BCUT2D eigenvalue weighted by molar-refractivity contribution is 5.23. The van der Waals surface area contributed by atoms with Crippen LogP contribution in [-0.4, -0.2) is 23.4 Å². The largest absolute Gasteiger partial charge is 0.455 e. The van der Waals surface area contributed by atoms with E-state index in [0.717, 1.165) is 6.07 Å². The lowest BCUT2D eigenvalue weighted by atomic mass is 10.2. The van der Waals surface area contributed by atoms with Gasteiger partial charge in [0.1, 0.15) is 0 Å². The molecule has 1 aromatic rings. The van der Waals surface area contributed by atoms with Gasteiger partial charge in [0.15, 0.2) is 0 Å². The molecule has 0 spiro atoms. The number of halogens is 6. The van der Waals surface area contributed by atoms with Gasteiger partial charge in [0.05, 0.1) is 0 Å². The topological polar surface area (TPSA) is 22.1 Å². The molecule has 0 saturated carbocycles. The lowest BCUT2D eigenvalue weighted by Crippen LogP contribution is -2.46. The third-order valence-corrected chi connectivity index (χ3v) is 1.91. The van der Waals surface area contributed by atoms with Crippen LogP contribution in [0.1, 0.15) is 11.3 Å². The Hall–Kier alpha value is -1.47. The van der Waals surface area contributed by atoms with E-state index < -0.39 is 24.3 Å². The average Bonchev–Trinajstić information content (AvgIpc) is 2.08. The Kier molecular flexibility index (Phi) is 3.78. The van der Waals surface area contributed by atoms with E-state index in [9.17, 15) is 26.3 Å². The van der Waals surface area contributed by atoms with Crippen molar-refractivity contribution in [3.05, 3.63) is 23.4 Å². The first kappa shape index (κ1) is 14.6. The van der Waals surface area contributed by atoms with E-state index in [-0.39, 0.29) is 5.69 Å². The van der Waals surface area contributed by atoms with Crippen LogP contribution in [0.2, 0.25) is 0 Å².